The minimum absolute atomic E-state index is 0.138. The molecule has 3 heterocycles. The van der Waals surface area contributed by atoms with Crippen molar-refractivity contribution in [2.24, 2.45) is 11.7 Å². The Kier molecular flexibility index (Phi) is 6.95. The number of nitrogens with zero attached hydrogens (tertiary/aromatic N) is 2. The van der Waals surface area contributed by atoms with E-state index in [1.807, 2.05) is 18.2 Å². The summed E-state index contributed by atoms with van der Waals surface area (Å²) in [6, 6.07) is 16.0. The average molecular weight is 476 g/mol. The molecule has 184 valence electrons. The Bertz CT molecular complexity index is 1110. The molecule has 0 saturated carbocycles. The number of likely N-dealkylation sites (tertiary alicyclic amines) is 1. The number of hydrogen-bond donors (Lipinski definition) is 3. The lowest BCUT2D eigenvalue weighted by atomic mass is 9.92. The SMILES string of the molecule is N[C@@H]1CCN(Cc2ccccc2)C[C@H]1CNCc1ccc2c(c1)CN(C1CCC(=O)NC1=O)C2=O. The molecule has 35 heavy (non-hydrogen) atoms. The van der Waals surface area contributed by atoms with E-state index in [0.29, 0.717) is 31.0 Å². The molecule has 2 saturated heterocycles. The lowest BCUT2D eigenvalue weighted by molar-refractivity contribution is -0.136. The van der Waals surface area contributed by atoms with Gasteiger partial charge in [0.1, 0.15) is 6.04 Å². The Balaban J connectivity index is 1.15. The van der Waals surface area contributed by atoms with Gasteiger partial charge in [0.2, 0.25) is 11.8 Å². The maximum atomic E-state index is 12.9. The molecular weight excluding hydrogens is 442 g/mol. The quantitative estimate of drug-likeness (QED) is 0.523. The molecule has 1 unspecified atom stereocenters. The fraction of sp³-hybridized carbons (Fsp3) is 0.444. The van der Waals surface area contributed by atoms with Gasteiger partial charge in [-0.2, -0.15) is 0 Å². The smallest absolute Gasteiger partial charge is 0.255 e. The van der Waals surface area contributed by atoms with Crippen LogP contribution in [0.3, 0.4) is 0 Å². The number of amides is 3. The van der Waals surface area contributed by atoms with Crippen LogP contribution in [0, 0.1) is 5.92 Å². The highest BCUT2D eigenvalue weighted by Gasteiger charge is 2.39. The number of fused-ring (bicyclic) bond motifs is 1. The predicted molar refractivity (Wildman–Crippen MR) is 132 cm³/mol. The van der Waals surface area contributed by atoms with Gasteiger partial charge in [0.05, 0.1) is 0 Å². The van der Waals surface area contributed by atoms with E-state index in [1.54, 1.807) is 4.90 Å². The van der Waals surface area contributed by atoms with Crippen LogP contribution in [-0.4, -0.2) is 59.2 Å². The van der Waals surface area contributed by atoms with E-state index in [0.717, 1.165) is 43.7 Å². The molecule has 2 aromatic carbocycles. The molecule has 2 fully saturated rings. The summed E-state index contributed by atoms with van der Waals surface area (Å²) in [7, 11) is 0. The second kappa shape index (κ2) is 10.3. The first-order valence-corrected chi connectivity index (χ1v) is 12.5. The van der Waals surface area contributed by atoms with Crippen LogP contribution in [-0.2, 0) is 29.2 Å². The van der Waals surface area contributed by atoms with Crippen molar-refractivity contribution in [2.75, 3.05) is 19.6 Å². The molecule has 3 aliphatic rings. The van der Waals surface area contributed by atoms with E-state index in [2.05, 4.69) is 45.9 Å². The van der Waals surface area contributed by atoms with Crippen LogP contribution in [0.5, 0.6) is 0 Å². The monoisotopic (exact) mass is 475 g/mol. The van der Waals surface area contributed by atoms with Crippen molar-refractivity contribution in [3.05, 3.63) is 70.8 Å². The Morgan fingerprint density at radius 1 is 1.03 bits per heavy atom. The highest BCUT2D eigenvalue weighted by atomic mass is 16.2. The number of carbonyl (C=O) groups is 3. The lowest BCUT2D eigenvalue weighted by Gasteiger charge is -2.37. The third-order valence-corrected chi connectivity index (χ3v) is 7.45. The Labute approximate surface area is 205 Å². The number of piperidine rings is 2. The maximum absolute atomic E-state index is 12.9. The van der Waals surface area contributed by atoms with E-state index < -0.39 is 6.04 Å². The topological polar surface area (TPSA) is 108 Å². The van der Waals surface area contributed by atoms with Crippen molar-refractivity contribution in [1.29, 1.82) is 0 Å². The Morgan fingerprint density at radius 2 is 1.86 bits per heavy atom. The van der Waals surface area contributed by atoms with E-state index in [9.17, 15) is 14.4 Å². The second-order valence-corrected chi connectivity index (χ2v) is 9.96. The van der Waals surface area contributed by atoms with Gasteiger partial charge in [0.15, 0.2) is 0 Å². The molecule has 0 aliphatic carbocycles. The molecule has 0 aromatic heterocycles. The first-order chi connectivity index (χ1) is 17.0. The average Bonchev–Trinajstić information content (AvgIpc) is 3.17. The summed E-state index contributed by atoms with van der Waals surface area (Å²) in [6.45, 7) is 4.88. The summed E-state index contributed by atoms with van der Waals surface area (Å²) < 4.78 is 0. The molecule has 8 heteroatoms. The Morgan fingerprint density at radius 3 is 2.66 bits per heavy atom. The Hall–Kier alpha value is -3.07. The van der Waals surface area contributed by atoms with Gasteiger partial charge < -0.3 is 16.0 Å². The van der Waals surface area contributed by atoms with E-state index in [4.69, 9.17) is 5.73 Å². The molecular formula is C27H33N5O3. The molecule has 0 spiro atoms. The molecule has 8 nitrogen and oxygen atoms in total. The lowest BCUT2D eigenvalue weighted by Crippen LogP contribution is -2.52. The highest BCUT2D eigenvalue weighted by molar-refractivity contribution is 6.05. The zero-order valence-corrected chi connectivity index (χ0v) is 19.9. The third-order valence-electron chi connectivity index (χ3n) is 7.45. The zero-order valence-electron chi connectivity index (χ0n) is 19.9. The summed E-state index contributed by atoms with van der Waals surface area (Å²) in [6.07, 6.45) is 1.63. The standard InChI is InChI=1S/C27H33N5O3/c28-23-10-11-31(15-18-4-2-1-3-5-18)16-21(23)14-29-13-19-6-7-22-20(12-19)17-32(27(22)35)24-8-9-25(33)30-26(24)34/h1-7,12,21,23-24,29H,8-11,13-17,28H2,(H,30,33,34)/t21-,23-,24?/m1/s1. The largest absolute Gasteiger partial charge is 0.327 e. The number of benzene rings is 2. The fourth-order valence-electron chi connectivity index (χ4n) is 5.47. The molecule has 3 aliphatic heterocycles. The van der Waals surface area contributed by atoms with Crippen molar-refractivity contribution in [3.63, 3.8) is 0 Å². The van der Waals surface area contributed by atoms with Crippen LogP contribution in [0.4, 0.5) is 0 Å². The minimum Gasteiger partial charge on any atom is -0.327 e. The van der Waals surface area contributed by atoms with Gasteiger partial charge in [-0.3, -0.25) is 24.6 Å². The van der Waals surface area contributed by atoms with Gasteiger partial charge in [-0.15, -0.1) is 0 Å². The van der Waals surface area contributed by atoms with Gasteiger partial charge in [-0.25, -0.2) is 0 Å². The number of nitrogens with one attached hydrogen (secondary N) is 2. The molecule has 5 rings (SSSR count). The van der Waals surface area contributed by atoms with Crippen LogP contribution < -0.4 is 16.4 Å². The van der Waals surface area contributed by atoms with Gasteiger partial charge in [0.25, 0.3) is 5.91 Å². The van der Waals surface area contributed by atoms with Gasteiger partial charge in [-0.1, -0.05) is 42.5 Å². The molecule has 4 N–H and O–H groups in total. The fourth-order valence-corrected chi connectivity index (χ4v) is 5.47. The summed E-state index contributed by atoms with van der Waals surface area (Å²) in [5.74, 6) is -0.411. The van der Waals surface area contributed by atoms with Crippen molar-refractivity contribution >= 4 is 17.7 Å². The number of nitrogens with two attached hydrogens (primary N) is 1. The van der Waals surface area contributed by atoms with Crippen LogP contribution in [0.2, 0.25) is 0 Å². The molecule has 3 atom stereocenters. The highest BCUT2D eigenvalue weighted by Crippen LogP contribution is 2.28. The van der Waals surface area contributed by atoms with Crippen LogP contribution in [0.1, 0.15) is 46.3 Å². The summed E-state index contributed by atoms with van der Waals surface area (Å²) in [5, 5.41) is 5.92. The number of hydrogen-bond acceptors (Lipinski definition) is 6. The van der Waals surface area contributed by atoms with E-state index >= 15 is 0 Å². The third kappa shape index (κ3) is 5.29. The molecule has 2 aromatic rings. The minimum atomic E-state index is -0.583. The molecule has 0 radical (unpaired) electrons. The van der Waals surface area contributed by atoms with Gasteiger partial charge in [-0.05, 0) is 48.1 Å². The van der Waals surface area contributed by atoms with Crippen molar-refractivity contribution in [1.82, 2.24) is 20.4 Å². The van der Waals surface area contributed by atoms with Crippen LogP contribution in [0.15, 0.2) is 48.5 Å². The van der Waals surface area contributed by atoms with E-state index in [1.165, 1.54) is 5.56 Å². The van der Waals surface area contributed by atoms with Crippen molar-refractivity contribution in [2.45, 2.75) is 51.0 Å². The van der Waals surface area contributed by atoms with Crippen LogP contribution in [0.25, 0.3) is 0 Å². The first-order valence-electron chi connectivity index (χ1n) is 12.5. The van der Waals surface area contributed by atoms with E-state index in [-0.39, 0.29) is 30.2 Å². The molecule has 3 amide bonds. The maximum Gasteiger partial charge on any atom is 0.255 e. The van der Waals surface area contributed by atoms with Gasteiger partial charge in [0, 0.05) is 50.7 Å². The number of rotatable bonds is 7. The number of imide groups is 1. The predicted octanol–water partition coefficient (Wildman–Crippen LogP) is 1.39. The van der Waals surface area contributed by atoms with Crippen molar-refractivity contribution in [3.8, 4) is 0 Å². The first kappa shape index (κ1) is 23.7. The summed E-state index contributed by atoms with van der Waals surface area (Å²) >= 11 is 0. The normalized spacial score (nSPS) is 25.0. The summed E-state index contributed by atoms with van der Waals surface area (Å²) in [5.41, 5.74) is 10.5. The zero-order chi connectivity index (χ0) is 24.4. The van der Waals surface area contributed by atoms with Crippen molar-refractivity contribution < 1.29 is 14.4 Å². The number of carbonyl (C=O) groups excluding carboxylic acids is 3. The van der Waals surface area contributed by atoms with Crippen LogP contribution >= 0.6 is 0 Å². The second-order valence-electron chi connectivity index (χ2n) is 9.96. The molecule has 0 bridgehead atoms. The summed E-state index contributed by atoms with van der Waals surface area (Å²) in [4.78, 5) is 40.7. The van der Waals surface area contributed by atoms with Gasteiger partial charge >= 0.3 is 0 Å².